The molecule has 25 heavy (non-hydrogen) atoms. The van der Waals surface area contributed by atoms with E-state index in [9.17, 15) is 23.1 Å². The van der Waals surface area contributed by atoms with Crippen LogP contribution in [0.3, 0.4) is 0 Å². The van der Waals surface area contributed by atoms with Gasteiger partial charge in [0, 0.05) is 12.7 Å². The van der Waals surface area contributed by atoms with Crippen LogP contribution in [0, 0.1) is 0 Å². The number of aromatic nitrogens is 1. The Morgan fingerprint density at radius 2 is 2.00 bits per heavy atom. The topological polar surface area (TPSA) is 74.2 Å². The van der Waals surface area contributed by atoms with Crippen molar-refractivity contribution in [2.24, 2.45) is 0 Å². The normalized spacial score (nSPS) is 13.7. The molecule has 1 aromatic heterocycles. The molecule has 136 valence electrons. The van der Waals surface area contributed by atoms with Gasteiger partial charge < -0.3 is 15.7 Å². The van der Waals surface area contributed by atoms with Gasteiger partial charge in [0.2, 0.25) is 0 Å². The second kappa shape index (κ2) is 8.93. The third-order valence-electron chi connectivity index (χ3n) is 3.49. The zero-order valence-corrected chi connectivity index (χ0v) is 14.2. The van der Waals surface area contributed by atoms with Crippen LogP contribution in [-0.2, 0) is 11.3 Å². The van der Waals surface area contributed by atoms with Crippen molar-refractivity contribution in [2.45, 2.75) is 25.1 Å². The van der Waals surface area contributed by atoms with Crippen LogP contribution >= 0.6 is 11.3 Å². The molecule has 0 spiro atoms. The minimum absolute atomic E-state index is 0.320. The fraction of sp³-hybridized carbons (Fsp3) is 0.375. The van der Waals surface area contributed by atoms with Crippen LogP contribution in [0.4, 0.5) is 13.2 Å². The summed E-state index contributed by atoms with van der Waals surface area (Å²) in [5.41, 5.74) is 1.19. The van der Waals surface area contributed by atoms with E-state index in [0.717, 1.165) is 15.4 Å². The lowest BCUT2D eigenvalue weighted by Gasteiger charge is -2.21. The summed E-state index contributed by atoms with van der Waals surface area (Å²) in [6, 6.07) is 5.14. The van der Waals surface area contributed by atoms with Crippen molar-refractivity contribution in [3.05, 3.63) is 41.0 Å². The van der Waals surface area contributed by atoms with Gasteiger partial charge in [-0.1, -0.05) is 24.3 Å². The summed E-state index contributed by atoms with van der Waals surface area (Å²) < 4.78 is 37.5. The molecule has 0 bridgehead atoms. The van der Waals surface area contributed by atoms with Crippen molar-refractivity contribution in [1.82, 2.24) is 15.6 Å². The van der Waals surface area contributed by atoms with Crippen LogP contribution in [0.15, 0.2) is 30.5 Å². The highest BCUT2D eigenvalue weighted by atomic mass is 32.1. The zero-order valence-electron chi connectivity index (χ0n) is 13.4. The number of aliphatic hydroxyl groups excluding tert-OH is 1. The number of rotatable bonds is 8. The van der Waals surface area contributed by atoms with Crippen molar-refractivity contribution in [3.8, 4) is 10.4 Å². The number of hydrogen-bond donors (Lipinski definition) is 3. The number of hydrogen-bond acceptors (Lipinski definition) is 5. The van der Waals surface area contributed by atoms with Gasteiger partial charge in [0.05, 0.1) is 10.9 Å². The third kappa shape index (κ3) is 5.00. The van der Waals surface area contributed by atoms with Gasteiger partial charge >= 0.3 is 6.43 Å². The van der Waals surface area contributed by atoms with Gasteiger partial charge in [-0.15, -0.1) is 11.3 Å². The molecule has 2 aromatic rings. The first-order valence-electron chi connectivity index (χ1n) is 7.48. The predicted octanol–water partition coefficient (Wildman–Crippen LogP) is 2.28. The van der Waals surface area contributed by atoms with Crippen molar-refractivity contribution in [3.63, 3.8) is 0 Å². The Morgan fingerprint density at radius 1 is 1.32 bits per heavy atom. The van der Waals surface area contributed by atoms with Crippen molar-refractivity contribution in [2.75, 3.05) is 13.7 Å². The van der Waals surface area contributed by atoms with Crippen LogP contribution in [0.2, 0.25) is 0 Å². The minimum atomic E-state index is -3.26. The Hall–Kier alpha value is -1.97. The number of carbonyl (C=O) groups excluding carboxylic acids is 1. The molecule has 0 aliphatic heterocycles. The number of carbonyl (C=O) groups is 1. The Bertz CT molecular complexity index is 694. The molecular formula is C16H18F3N3O2S. The number of nitrogens with one attached hydrogen (secondary N) is 2. The molecule has 0 saturated heterocycles. The van der Waals surface area contributed by atoms with E-state index < -0.39 is 31.2 Å². The Kier molecular flexibility index (Phi) is 6.91. The lowest BCUT2D eigenvalue weighted by atomic mass is 10.0. The highest BCUT2D eigenvalue weighted by Gasteiger charge is 2.26. The summed E-state index contributed by atoms with van der Waals surface area (Å²) in [7, 11) is 1.82. The van der Waals surface area contributed by atoms with E-state index in [4.69, 9.17) is 0 Å². The standard InChI is InChI=1S/C16H18F3N3O2S/c1-20-8-13-21-7-12(25-13)9-2-4-10(5-3-9)14(23)11(6-17)22-16(24)15(18)19/h2-5,7,11,14-15,20,23H,6,8H2,1H3,(H,22,24)/t11-,14+/m1/s1. The summed E-state index contributed by atoms with van der Waals surface area (Å²) in [6.07, 6.45) is -2.96. The van der Waals surface area contributed by atoms with Crippen molar-refractivity contribution >= 4 is 17.2 Å². The molecule has 9 heteroatoms. The number of nitrogens with zero attached hydrogens (tertiary/aromatic N) is 1. The molecular weight excluding hydrogens is 355 g/mol. The Balaban J connectivity index is 2.10. The second-order valence-corrected chi connectivity index (χ2v) is 6.40. The number of halogens is 3. The van der Waals surface area contributed by atoms with Crippen LogP contribution in [0.25, 0.3) is 10.4 Å². The highest BCUT2D eigenvalue weighted by molar-refractivity contribution is 7.15. The van der Waals surface area contributed by atoms with Crippen LogP contribution in [-0.4, -0.2) is 42.2 Å². The molecule has 2 atom stereocenters. The smallest absolute Gasteiger partial charge is 0.315 e. The maximum absolute atomic E-state index is 13.0. The van der Waals surface area contributed by atoms with E-state index in [1.807, 2.05) is 7.05 Å². The molecule has 0 saturated carbocycles. The molecule has 0 radical (unpaired) electrons. The van der Waals surface area contributed by atoms with E-state index in [1.54, 1.807) is 35.8 Å². The first-order chi connectivity index (χ1) is 12.0. The fourth-order valence-electron chi connectivity index (χ4n) is 2.20. The fourth-order valence-corrected chi connectivity index (χ4v) is 3.14. The highest BCUT2D eigenvalue weighted by Crippen LogP contribution is 2.28. The molecule has 0 aliphatic carbocycles. The molecule has 1 heterocycles. The summed E-state index contributed by atoms with van der Waals surface area (Å²) >= 11 is 1.51. The van der Waals surface area contributed by atoms with Gasteiger partial charge in [-0.05, 0) is 18.2 Å². The monoisotopic (exact) mass is 373 g/mol. The molecule has 3 N–H and O–H groups in total. The average Bonchev–Trinajstić information content (AvgIpc) is 3.08. The number of alkyl halides is 3. The number of benzene rings is 1. The lowest BCUT2D eigenvalue weighted by molar-refractivity contribution is -0.133. The third-order valence-corrected chi connectivity index (χ3v) is 4.54. The quantitative estimate of drug-likeness (QED) is 0.664. The summed E-state index contributed by atoms with van der Waals surface area (Å²) in [6.45, 7) is -0.507. The van der Waals surface area contributed by atoms with Gasteiger partial charge in [0.25, 0.3) is 5.91 Å². The van der Waals surface area contributed by atoms with E-state index in [1.165, 1.54) is 11.3 Å². The van der Waals surface area contributed by atoms with Gasteiger partial charge in [-0.25, -0.2) is 9.37 Å². The van der Waals surface area contributed by atoms with Crippen LogP contribution in [0.1, 0.15) is 16.7 Å². The van der Waals surface area contributed by atoms with Crippen molar-refractivity contribution < 1.29 is 23.1 Å². The molecule has 0 fully saturated rings. The van der Waals surface area contributed by atoms with Crippen molar-refractivity contribution in [1.29, 1.82) is 0 Å². The molecule has 0 aliphatic rings. The van der Waals surface area contributed by atoms with Gasteiger partial charge in [-0.3, -0.25) is 4.79 Å². The summed E-state index contributed by atoms with van der Waals surface area (Å²) in [5.74, 6) is -1.61. The lowest BCUT2D eigenvalue weighted by Crippen LogP contribution is -2.43. The largest absolute Gasteiger partial charge is 0.386 e. The van der Waals surface area contributed by atoms with Crippen LogP contribution < -0.4 is 10.6 Å². The van der Waals surface area contributed by atoms with Gasteiger partial charge in [0.15, 0.2) is 0 Å². The first-order valence-corrected chi connectivity index (χ1v) is 8.30. The number of aliphatic hydroxyl groups is 1. The summed E-state index contributed by atoms with van der Waals surface area (Å²) in [4.78, 5) is 16.2. The first kappa shape index (κ1) is 19.4. The molecule has 0 unspecified atom stereocenters. The maximum atomic E-state index is 13.0. The number of amides is 1. The van der Waals surface area contributed by atoms with E-state index in [0.29, 0.717) is 12.1 Å². The molecule has 2 rings (SSSR count). The van der Waals surface area contributed by atoms with Crippen LogP contribution in [0.5, 0.6) is 0 Å². The second-order valence-electron chi connectivity index (χ2n) is 5.29. The summed E-state index contributed by atoms with van der Waals surface area (Å²) in [5, 5.41) is 15.9. The minimum Gasteiger partial charge on any atom is -0.386 e. The van der Waals surface area contributed by atoms with Gasteiger partial charge in [-0.2, -0.15) is 8.78 Å². The predicted molar refractivity (Wildman–Crippen MR) is 89.2 cm³/mol. The maximum Gasteiger partial charge on any atom is 0.315 e. The Morgan fingerprint density at radius 3 is 2.56 bits per heavy atom. The van der Waals surface area contributed by atoms with Gasteiger partial charge in [0.1, 0.15) is 17.8 Å². The Labute approximate surface area is 146 Å². The SMILES string of the molecule is CNCc1ncc(-c2ccc([C@H](O)[C@@H](CF)NC(=O)C(F)F)cc2)s1. The van der Waals surface area contributed by atoms with E-state index >= 15 is 0 Å². The molecule has 1 amide bonds. The molecule has 1 aromatic carbocycles. The average molecular weight is 373 g/mol. The zero-order chi connectivity index (χ0) is 18.4. The van der Waals surface area contributed by atoms with E-state index in [2.05, 4.69) is 10.3 Å². The van der Waals surface area contributed by atoms with E-state index in [-0.39, 0.29) is 0 Å². The number of thiazole rings is 1. The molecule has 5 nitrogen and oxygen atoms in total.